The molecule has 2 rings (SSSR count). The Morgan fingerprint density at radius 3 is 2.50 bits per heavy atom. The molecule has 3 N–H and O–H groups in total. The van der Waals surface area contributed by atoms with E-state index in [1.165, 1.54) is 30.5 Å². The number of nitrogens with two attached hydrogens (primary N) is 1. The molecule has 0 aliphatic rings. The number of nitrogens with zero attached hydrogens (tertiary/aromatic N) is 2. The lowest BCUT2D eigenvalue weighted by molar-refractivity contribution is -0.136. The van der Waals surface area contributed by atoms with E-state index in [4.69, 9.17) is 5.73 Å². The first-order chi connectivity index (χ1) is 8.47. The van der Waals surface area contributed by atoms with Crippen LogP contribution in [0.5, 0.6) is 0 Å². The first-order valence-electron chi connectivity index (χ1n) is 4.98. The molecular formula is C11H9F3N4. The fourth-order valence-electron chi connectivity index (χ4n) is 1.42. The Hall–Kier alpha value is -2.31. The number of hydrogen-bond acceptors (Lipinski definition) is 4. The number of rotatable bonds is 2. The number of aromatic nitrogens is 2. The quantitative estimate of drug-likeness (QED) is 0.864. The molecule has 0 saturated heterocycles. The van der Waals surface area contributed by atoms with E-state index in [0.29, 0.717) is 0 Å². The van der Waals surface area contributed by atoms with Crippen molar-refractivity contribution < 1.29 is 13.2 Å². The van der Waals surface area contributed by atoms with Crippen molar-refractivity contribution >= 4 is 17.5 Å². The van der Waals surface area contributed by atoms with Crippen LogP contribution in [0, 0.1) is 0 Å². The second-order valence-electron chi connectivity index (χ2n) is 3.47. The minimum absolute atomic E-state index is 0.00973. The van der Waals surface area contributed by atoms with Crippen molar-refractivity contribution in [1.29, 1.82) is 0 Å². The van der Waals surface area contributed by atoms with Crippen LogP contribution in [0.25, 0.3) is 0 Å². The van der Waals surface area contributed by atoms with Crippen LogP contribution in [0.3, 0.4) is 0 Å². The van der Waals surface area contributed by atoms with Gasteiger partial charge in [-0.1, -0.05) is 12.1 Å². The summed E-state index contributed by atoms with van der Waals surface area (Å²) in [6, 6.07) is 6.57. The van der Waals surface area contributed by atoms with E-state index in [2.05, 4.69) is 15.3 Å². The van der Waals surface area contributed by atoms with Gasteiger partial charge in [-0.15, -0.1) is 0 Å². The lowest BCUT2D eigenvalue weighted by Gasteiger charge is -2.13. The number of nitrogens with one attached hydrogen (secondary N) is 1. The fraction of sp³-hybridized carbons (Fsp3) is 0.0909. The zero-order valence-corrected chi connectivity index (χ0v) is 9.07. The molecule has 0 spiro atoms. The molecule has 0 aliphatic carbocycles. The third kappa shape index (κ3) is 2.68. The predicted molar refractivity (Wildman–Crippen MR) is 61.2 cm³/mol. The van der Waals surface area contributed by atoms with E-state index in [0.717, 1.165) is 6.07 Å². The van der Waals surface area contributed by atoms with Crippen molar-refractivity contribution in [2.24, 2.45) is 0 Å². The zero-order chi connectivity index (χ0) is 13.2. The van der Waals surface area contributed by atoms with Gasteiger partial charge in [-0.2, -0.15) is 18.2 Å². The molecule has 0 amide bonds. The second-order valence-corrected chi connectivity index (χ2v) is 3.47. The van der Waals surface area contributed by atoms with E-state index in [1.54, 1.807) is 0 Å². The molecule has 0 unspecified atom stereocenters. The highest BCUT2D eigenvalue weighted by atomic mass is 19.4. The molecule has 4 nitrogen and oxygen atoms in total. The fourth-order valence-corrected chi connectivity index (χ4v) is 1.42. The topological polar surface area (TPSA) is 63.8 Å². The molecule has 0 bridgehead atoms. The van der Waals surface area contributed by atoms with Crippen LogP contribution in [0.4, 0.5) is 30.6 Å². The van der Waals surface area contributed by atoms with Gasteiger partial charge in [-0.25, -0.2) is 4.98 Å². The minimum Gasteiger partial charge on any atom is -0.368 e. The summed E-state index contributed by atoms with van der Waals surface area (Å²) < 4.78 is 38.2. The first kappa shape index (κ1) is 12.2. The highest BCUT2D eigenvalue weighted by Crippen LogP contribution is 2.35. The number of alkyl halides is 3. The van der Waals surface area contributed by atoms with Gasteiger partial charge in [-0.05, 0) is 18.2 Å². The summed E-state index contributed by atoms with van der Waals surface area (Å²) in [5.74, 6) is 0.198. The third-order valence-electron chi connectivity index (χ3n) is 2.17. The first-order valence-corrected chi connectivity index (χ1v) is 4.98. The van der Waals surface area contributed by atoms with Crippen molar-refractivity contribution in [3.05, 3.63) is 42.1 Å². The minimum atomic E-state index is -4.43. The van der Waals surface area contributed by atoms with Crippen molar-refractivity contribution in [3.63, 3.8) is 0 Å². The van der Waals surface area contributed by atoms with E-state index < -0.39 is 11.7 Å². The molecule has 1 aromatic heterocycles. The smallest absolute Gasteiger partial charge is 0.368 e. The molecule has 0 aliphatic heterocycles. The highest BCUT2D eigenvalue weighted by molar-refractivity contribution is 5.61. The Morgan fingerprint density at radius 1 is 1.11 bits per heavy atom. The van der Waals surface area contributed by atoms with Crippen molar-refractivity contribution in [2.75, 3.05) is 11.1 Å². The Labute approximate surface area is 101 Å². The SMILES string of the molecule is Nc1nccc(Nc2ccccc2C(F)(F)F)n1. The zero-order valence-electron chi connectivity index (χ0n) is 9.07. The average Bonchev–Trinajstić information content (AvgIpc) is 2.28. The van der Waals surface area contributed by atoms with Gasteiger partial charge in [0.05, 0.1) is 11.3 Å². The van der Waals surface area contributed by atoms with E-state index in [1.807, 2.05) is 0 Å². The van der Waals surface area contributed by atoms with Gasteiger partial charge < -0.3 is 11.1 Å². The van der Waals surface area contributed by atoms with Crippen LogP contribution in [-0.2, 0) is 6.18 Å². The van der Waals surface area contributed by atoms with E-state index in [-0.39, 0.29) is 17.5 Å². The van der Waals surface area contributed by atoms with Gasteiger partial charge in [0.25, 0.3) is 0 Å². The number of nitrogen functional groups attached to an aromatic ring is 1. The summed E-state index contributed by atoms with van der Waals surface area (Å²) in [6.45, 7) is 0. The number of benzene rings is 1. The molecule has 94 valence electrons. The van der Waals surface area contributed by atoms with Crippen LogP contribution in [0.1, 0.15) is 5.56 Å². The van der Waals surface area contributed by atoms with Crippen LogP contribution < -0.4 is 11.1 Å². The Balaban J connectivity index is 2.35. The maximum absolute atomic E-state index is 12.7. The van der Waals surface area contributed by atoms with Crippen molar-refractivity contribution in [2.45, 2.75) is 6.18 Å². The summed E-state index contributed by atoms with van der Waals surface area (Å²) in [5.41, 5.74) is 4.51. The predicted octanol–water partition coefficient (Wildman–Crippen LogP) is 2.82. The summed E-state index contributed by atoms with van der Waals surface area (Å²) >= 11 is 0. The molecular weight excluding hydrogens is 245 g/mol. The van der Waals surface area contributed by atoms with Crippen LogP contribution in [0.15, 0.2) is 36.5 Å². The normalized spacial score (nSPS) is 11.3. The van der Waals surface area contributed by atoms with Gasteiger partial charge >= 0.3 is 6.18 Å². The van der Waals surface area contributed by atoms with Gasteiger partial charge in [0.1, 0.15) is 5.82 Å². The Kier molecular flexibility index (Phi) is 3.05. The average molecular weight is 254 g/mol. The monoisotopic (exact) mass is 254 g/mol. The molecule has 7 heteroatoms. The van der Waals surface area contributed by atoms with Crippen LogP contribution in [0.2, 0.25) is 0 Å². The largest absolute Gasteiger partial charge is 0.418 e. The molecule has 2 aromatic rings. The maximum Gasteiger partial charge on any atom is 0.418 e. The molecule has 0 saturated carbocycles. The van der Waals surface area contributed by atoms with Crippen molar-refractivity contribution in [1.82, 2.24) is 9.97 Å². The highest BCUT2D eigenvalue weighted by Gasteiger charge is 2.33. The second kappa shape index (κ2) is 4.52. The standard InChI is InChI=1S/C11H9F3N4/c12-11(13,14)7-3-1-2-4-8(7)17-9-5-6-16-10(15)18-9/h1-6H,(H3,15,16,17,18). The number of halogens is 3. The summed E-state index contributed by atoms with van der Waals surface area (Å²) in [7, 11) is 0. The lowest BCUT2D eigenvalue weighted by atomic mass is 10.1. The van der Waals surface area contributed by atoms with Gasteiger partial charge in [0.2, 0.25) is 5.95 Å². The van der Waals surface area contributed by atoms with Gasteiger partial charge in [0, 0.05) is 6.20 Å². The molecule has 0 atom stereocenters. The van der Waals surface area contributed by atoms with Crippen molar-refractivity contribution in [3.8, 4) is 0 Å². The summed E-state index contributed by atoms with van der Waals surface area (Å²) in [5, 5.41) is 2.57. The van der Waals surface area contributed by atoms with E-state index >= 15 is 0 Å². The number of hydrogen-bond donors (Lipinski definition) is 2. The Morgan fingerprint density at radius 2 is 1.83 bits per heavy atom. The molecule has 1 heterocycles. The number of anilines is 3. The van der Waals surface area contributed by atoms with E-state index in [9.17, 15) is 13.2 Å². The van der Waals surface area contributed by atoms with Gasteiger partial charge in [0.15, 0.2) is 0 Å². The Bertz CT molecular complexity index is 554. The third-order valence-corrected chi connectivity index (χ3v) is 2.17. The summed E-state index contributed by atoms with van der Waals surface area (Å²) in [4.78, 5) is 7.44. The van der Waals surface area contributed by atoms with Crippen LogP contribution >= 0.6 is 0 Å². The van der Waals surface area contributed by atoms with Crippen LogP contribution in [-0.4, -0.2) is 9.97 Å². The number of para-hydroxylation sites is 1. The summed E-state index contributed by atoms with van der Waals surface area (Å²) in [6.07, 6.45) is -3.07. The molecule has 0 radical (unpaired) electrons. The lowest BCUT2D eigenvalue weighted by Crippen LogP contribution is -2.09. The molecule has 18 heavy (non-hydrogen) atoms. The van der Waals surface area contributed by atoms with Gasteiger partial charge in [-0.3, -0.25) is 0 Å². The molecule has 0 fully saturated rings. The molecule has 1 aromatic carbocycles. The maximum atomic E-state index is 12.7.